The van der Waals surface area contributed by atoms with Crippen LogP contribution in [0.25, 0.3) is 17.0 Å². The molecule has 158 valence electrons. The fraction of sp³-hybridized carbons (Fsp3) is 0.174. The van der Waals surface area contributed by atoms with E-state index in [0.29, 0.717) is 5.69 Å². The Morgan fingerprint density at radius 1 is 1.13 bits per heavy atom. The summed E-state index contributed by atoms with van der Waals surface area (Å²) in [5, 5.41) is 3.04. The van der Waals surface area contributed by atoms with Crippen LogP contribution in [0, 0.1) is 5.82 Å². The molecule has 3 amide bonds. The van der Waals surface area contributed by atoms with Crippen LogP contribution in [0.2, 0.25) is 0 Å². The zero-order chi connectivity index (χ0) is 22.1. The summed E-state index contributed by atoms with van der Waals surface area (Å²) >= 11 is 0.813. The van der Waals surface area contributed by atoms with Crippen LogP contribution in [0.1, 0.15) is 25.5 Å². The highest BCUT2D eigenvalue weighted by molar-refractivity contribution is 8.18. The van der Waals surface area contributed by atoms with E-state index in [1.54, 1.807) is 6.08 Å². The number of rotatable bonds is 5. The van der Waals surface area contributed by atoms with Gasteiger partial charge < -0.3 is 9.88 Å². The minimum absolute atomic E-state index is 0.234. The molecule has 1 aliphatic rings. The van der Waals surface area contributed by atoms with Gasteiger partial charge in [0.15, 0.2) is 0 Å². The Kier molecular flexibility index (Phi) is 5.65. The summed E-state index contributed by atoms with van der Waals surface area (Å²) in [6.07, 6.45) is 3.66. The Hall–Kier alpha value is -3.39. The van der Waals surface area contributed by atoms with Crippen molar-refractivity contribution in [2.75, 3.05) is 11.9 Å². The Bertz CT molecular complexity index is 1210. The Morgan fingerprint density at radius 3 is 2.55 bits per heavy atom. The second-order valence-corrected chi connectivity index (χ2v) is 8.42. The van der Waals surface area contributed by atoms with Gasteiger partial charge >= 0.3 is 0 Å². The third-order valence-corrected chi connectivity index (χ3v) is 5.83. The number of thioether (sulfide) groups is 1. The molecule has 1 saturated heterocycles. The van der Waals surface area contributed by atoms with Crippen molar-refractivity contribution in [2.45, 2.75) is 19.9 Å². The summed E-state index contributed by atoms with van der Waals surface area (Å²) in [7, 11) is 0. The monoisotopic (exact) mass is 437 g/mol. The maximum absolute atomic E-state index is 13.0. The van der Waals surface area contributed by atoms with Crippen molar-refractivity contribution < 1.29 is 18.8 Å². The Balaban J connectivity index is 1.54. The number of halogens is 1. The molecule has 0 aliphatic carbocycles. The molecular weight excluding hydrogens is 417 g/mol. The van der Waals surface area contributed by atoms with Crippen LogP contribution in [-0.2, 0) is 9.59 Å². The summed E-state index contributed by atoms with van der Waals surface area (Å²) in [6.45, 7) is 3.74. The van der Waals surface area contributed by atoms with E-state index in [4.69, 9.17) is 0 Å². The molecule has 0 radical (unpaired) electrons. The lowest BCUT2D eigenvalue weighted by Gasteiger charge is -2.12. The number of carbonyl (C=O) groups is 3. The molecular formula is C23H20FN3O3S. The lowest BCUT2D eigenvalue weighted by molar-refractivity contribution is -0.127. The number of hydrogen-bond acceptors (Lipinski definition) is 4. The number of hydrogen-bond donors (Lipinski definition) is 1. The average molecular weight is 437 g/mol. The van der Waals surface area contributed by atoms with Crippen molar-refractivity contribution >= 4 is 51.5 Å². The fourth-order valence-corrected chi connectivity index (χ4v) is 4.26. The predicted octanol–water partition coefficient (Wildman–Crippen LogP) is 5.04. The van der Waals surface area contributed by atoms with E-state index in [-0.39, 0.29) is 10.9 Å². The number of fused-ring (bicyclic) bond motifs is 1. The van der Waals surface area contributed by atoms with E-state index in [2.05, 4.69) is 23.7 Å². The minimum Gasteiger partial charge on any atom is -0.344 e. The van der Waals surface area contributed by atoms with Gasteiger partial charge in [0.2, 0.25) is 5.91 Å². The van der Waals surface area contributed by atoms with E-state index in [0.717, 1.165) is 33.1 Å². The van der Waals surface area contributed by atoms with Gasteiger partial charge in [0, 0.05) is 34.4 Å². The van der Waals surface area contributed by atoms with E-state index >= 15 is 0 Å². The van der Waals surface area contributed by atoms with Crippen molar-refractivity contribution in [1.29, 1.82) is 0 Å². The first-order chi connectivity index (χ1) is 14.8. The summed E-state index contributed by atoms with van der Waals surface area (Å²) in [5.41, 5.74) is 2.27. The molecule has 2 aromatic carbocycles. The van der Waals surface area contributed by atoms with Gasteiger partial charge in [-0.05, 0) is 62.0 Å². The van der Waals surface area contributed by atoms with Crippen molar-refractivity contribution in [2.24, 2.45) is 0 Å². The van der Waals surface area contributed by atoms with Crippen molar-refractivity contribution in [3.05, 3.63) is 71.0 Å². The first-order valence-electron chi connectivity index (χ1n) is 9.74. The molecule has 6 nitrogen and oxygen atoms in total. The van der Waals surface area contributed by atoms with Gasteiger partial charge in [0.1, 0.15) is 12.4 Å². The smallest absolute Gasteiger partial charge is 0.294 e. The Labute approximate surface area is 182 Å². The predicted molar refractivity (Wildman–Crippen MR) is 120 cm³/mol. The number of benzene rings is 2. The summed E-state index contributed by atoms with van der Waals surface area (Å²) in [6, 6.07) is 13.3. The molecule has 1 aromatic heterocycles. The molecule has 8 heteroatoms. The number of amides is 3. The molecule has 4 rings (SSSR count). The zero-order valence-electron chi connectivity index (χ0n) is 17.0. The third-order valence-electron chi connectivity index (χ3n) is 4.92. The maximum atomic E-state index is 13.0. The molecule has 31 heavy (non-hydrogen) atoms. The molecule has 2 heterocycles. The molecule has 3 aromatic rings. The highest BCUT2D eigenvalue weighted by Crippen LogP contribution is 2.34. The molecule has 0 saturated carbocycles. The van der Waals surface area contributed by atoms with Crippen molar-refractivity contribution in [3.63, 3.8) is 0 Å². The van der Waals surface area contributed by atoms with Gasteiger partial charge in [0.05, 0.1) is 4.91 Å². The number of nitrogens with zero attached hydrogens (tertiary/aromatic N) is 2. The normalized spacial score (nSPS) is 15.5. The van der Waals surface area contributed by atoms with Crippen molar-refractivity contribution in [3.8, 4) is 0 Å². The molecule has 1 N–H and O–H groups in total. The van der Waals surface area contributed by atoms with E-state index in [9.17, 15) is 18.8 Å². The van der Waals surface area contributed by atoms with E-state index in [1.807, 2.05) is 30.5 Å². The van der Waals surface area contributed by atoms with Gasteiger partial charge in [-0.2, -0.15) is 0 Å². The zero-order valence-corrected chi connectivity index (χ0v) is 17.8. The molecule has 1 fully saturated rings. The summed E-state index contributed by atoms with van der Waals surface area (Å²) in [4.78, 5) is 38.7. The highest BCUT2D eigenvalue weighted by atomic mass is 32.2. The summed E-state index contributed by atoms with van der Waals surface area (Å²) < 4.78 is 15.1. The summed E-state index contributed by atoms with van der Waals surface area (Å²) in [5.74, 6) is -1.47. The largest absolute Gasteiger partial charge is 0.344 e. The van der Waals surface area contributed by atoms with Crippen LogP contribution in [0.5, 0.6) is 0 Å². The lowest BCUT2D eigenvalue weighted by atomic mass is 10.1. The molecule has 0 unspecified atom stereocenters. The van der Waals surface area contributed by atoms with Crippen LogP contribution in [-0.4, -0.2) is 33.1 Å². The Morgan fingerprint density at radius 2 is 1.84 bits per heavy atom. The molecule has 0 bridgehead atoms. The van der Waals surface area contributed by atoms with Crippen LogP contribution in [0.4, 0.5) is 14.9 Å². The van der Waals surface area contributed by atoms with Gasteiger partial charge in [0.25, 0.3) is 11.1 Å². The second kappa shape index (κ2) is 8.39. The average Bonchev–Trinajstić information content (AvgIpc) is 3.23. The highest BCUT2D eigenvalue weighted by Gasteiger charge is 2.36. The molecule has 0 spiro atoms. The van der Waals surface area contributed by atoms with E-state index < -0.39 is 29.4 Å². The topological polar surface area (TPSA) is 71.4 Å². The van der Waals surface area contributed by atoms with Gasteiger partial charge in [-0.1, -0.05) is 18.2 Å². The van der Waals surface area contributed by atoms with Crippen LogP contribution < -0.4 is 5.32 Å². The maximum Gasteiger partial charge on any atom is 0.294 e. The number of aromatic nitrogens is 1. The number of para-hydroxylation sites is 1. The second-order valence-electron chi connectivity index (χ2n) is 7.43. The number of nitrogens with one attached hydrogen (secondary N) is 1. The number of carbonyl (C=O) groups excluding carboxylic acids is 3. The van der Waals surface area contributed by atoms with Crippen LogP contribution in [0.3, 0.4) is 0 Å². The van der Waals surface area contributed by atoms with Crippen LogP contribution in [0.15, 0.2) is 59.6 Å². The van der Waals surface area contributed by atoms with Gasteiger partial charge in [-0.3, -0.25) is 19.3 Å². The molecule has 1 aliphatic heterocycles. The number of imide groups is 1. The fourth-order valence-electron chi connectivity index (χ4n) is 3.43. The first-order valence-corrected chi connectivity index (χ1v) is 10.6. The van der Waals surface area contributed by atoms with Crippen LogP contribution >= 0.6 is 11.8 Å². The quantitative estimate of drug-likeness (QED) is 0.568. The first kappa shape index (κ1) is 20.9. The molecule has 0 atom stereocenters. The van der Waals surface area contributed by atoms with Gasteiger partial charge in [-0.25, -0.2) is 4.39 Å². The SMILES string of the molecule is CC(C)n1cc(C=C2SC(=O)N(CC(=O)Nc3ccc(F)cc3)C2=O)c2ccccc21. The minimum atomic E-state index is -0.536. The lowest BCUT2D eigenvalue weighted by Crippen LogP contribution is -2.36. The third kappa shape index (κ3) is 4.25. The van der Waals surface area contributed by atoms with E-state index in [1.165, 1.54) is 24.3 Å². The van der Waals surface area contributed by atoms with Gasteiger partial charge in [-0.15, -0.1) is 0 Å². The standard InChI is InChI=1S/C23H20FN3O3S/c1-14(2)26-12-15(18-5-3-4-6-19(18)26)11-20-22(29)27(23(30)31-20)13-21(28)25-17-9-7-16(24)8-10-17/h3-12,14H,13H2,1-2H3,(H,25,28). The van der Waals surface area contributed by atoms with Crippen molar-refractivity contribution in [1.82, 2.24) is 9.47 Å². The number of anilines is 1.